The molecule has 0 aliphatic carbocycles. The maximum absolute atomic E-state index is 10.6. The molecular weight excluding hydrogens is 188 g/mol. The van der Waals surface area contributed by atoms with Gasteiger partial charge in [0, 0.05) is 18.0 Å². The first-order valence-corrected chi connectivity index (χ1v) is 4.21. The van der Waals surface area contributed by atoms with Gasteiger partial charge in [-0.3, -0.25) is 10.1 Å². The van der Waals surface area contributed by atoms with Crippen LogP contribution in [-0.4, -0.2) is 23.9 Å². The molecule has 1 rings (SSSR count). The molecule has 1 aliphatic rings. The van der Waals surface area contributed by atoms with Gasteiger partial charge in [0.25, 0.3) is 12.3 Å². The van der Waals surface area contributed by atoms with E-state index in [2.05, 4.69) is 0 Å². The minimum absolute atomic E-state index is 0.0848. The summed E-state index contributed by atoms with van der Waals surface area (Å²) in [6.07, 6.45) is 0.624. The van der Waals surface area contributed by atoms with Crippen molar-refractivity contribution in [3.8, 4) is 6.07 Å². The molecule has 0 amide bonds. The Morgan fingerprint density at radius 1 is 1.93 bits per heavy atom. The summed E-state index contributed by atoms with van der Waals surface area (Å²) < 4.78 is 10.0. The Morgan fingerprint density at radius 2 is 2.64 bits per heavy atom. The quantitative estimate of drug-likeness (QED) is 0.495. The van der Waals surface area contributed by atoms with Crippen LogP contribution in [0.25, 0.3) is 0 Å². The number of rotatable bonds is 3. The fourth-order valence-electron chi connectivity index (χ4n) is 1.16. The third kappa shape index (κ3) is 2.20. The van der Waals surface area contributed by atoms with E-state index in [9.17, 15) is 10.1 Å². The standard InChI is InChI=1S/C8H10N2O4/c1-2-13-8-7(10(11)12)4-3-6(5-9)14-8/h3,7-8H,2,4H2,1H3/t7-,8-/m1/s1. The van der Waals surface area contributed by atoms with Gasteiger partial charge in [0.1, 0.15) is 6.07 Å². The van der Waals surface area contributed by atoms with Gasteiger partial charge in [0.15, 0.2) is 5.76 Å². The van der Waals surface area contributed by atoms with Gasteiger partial charge in [0.2, 0.25) is 0 Å². The van der Waals surface area contributed by atoms with Crippen LogP contribution in [0.3, 0.4) is 0 Å². The smallest absolute Gasteiger partial charge is 0.277 e. The third-order valence-corrected chi connectivity index (χ3v) is 1.81. The maximum Gasteiger partial charge on any atom is 0.277 e. The molecule has 0 bridgehead atoms. The van der Waals surface area contributed by atoms with Crippen molar-refractivity contribution in [3.05, 3.63) is 21.9 Å². The van der Waals surface area contributed by atoms with Crippen LogP contribution in [-0.2, 0) is 9.47 Å². The van der Waals surface area contributed by atoms with Gasteiger partial charge in [-0.15, -0.1) is 0 Å². The van der Waals surface area contributed by atoms with E-state index in [1.165, 1.54) is 6.08 Å². The first kappa shape index (κ1) is 10.5. The topological polar surface area (TPSA) is 85.4 Å². The van der Waals surface area contributed by atoms with E-state index >= 15 is 0 Å². The van der Waals surface area contributed by atoms with E-state index in [1.54, 1.807) is 13.0 Å². The van der Waals surface area contributed by atoms with Crippen molar-refractivity contribution in [2.45, 2.75) is 25.7 Å². The summed E-state index contributed by atoms with van der Waals surface area (Å²) in [5.41, 5.74) is 0. The van der Waals surface area contributed by atoms with Crippen LogP contribution in [0.15, 0.2) is 11.8 Å². The third-order valence-electron chi connectivity index (χ3n) is 1.81. The van der Waals surface area contributed by atoms with Crippen molar-refractivity contribution in [1.29, 1.82) is 5.26 Å². The molecule has 0 aromatic heterocycles. The second kappa shape index (κ2) is 4.58. The Morgan fingerprint density at radius 3 is 3.14 bits per heavy atom. The highest BCUT2D eigenvalue weighted by atomic mass is 16.7. The van der Waals surface area contributed by atoms with Gasteiger partial charge < -0.3 is 9.47 Å². The van der Waals surface area contributed by atoms with Gasteiger partial charge in [-0.25, -0.2) is 0 Å². The molecule has 1 aliphatic heterocycles. The monoisotopic (exact) mass is 198 g/mol. The van der Waals surface area contributed by atoms with E-state index in [0.717, 1.165) is 0 Å². The minimum Gasteiger partial charge on any atom is -0.447 e. The number of hydrogen-bond donors (Lipinski definition) is 0. The zero-order valence-corrected chi connectivity index (χ0v) is 7.67. The van der Waals surface area contributed by atoms with Crippen LogP contribution in [0.1, 0.15) is 13.3 Å². The Kier molecular flexibility index (Phi) is 3.42. The average Bonchev–Trinajstić information content (AvgIpc) is 2.17. The Bertz CT molecular complexity index is 294. The SMILES string of the molecule is CCO[C@@H]1OC(C#N)=CC[C@H]1[N+](=O)[O-]. The summed E-state index contributed by atoms with van der Waals surface area (Å²) in [4.78, 5) is 10.1. The van der Waals surface area contributed by atoms with Crippen LogP contribution < -0.4 is 0 Å². The van der Waals surface area contributed by atoms with Crippen molar-refractivity contribution in [2.24, 2.45) is 0 Å². The lowest BCUT2D eigenvalue weighted by Gasteiger charge is -2.23. The molecule has 2 atom stereocenters. The summed E-state index contributed by atoms with van der Waals surface area (Å²) in [5, 5.41) is 19.1. The molecule has 14 heavy (non-hydrogen) atoms. The molecule has 6 heteroatoms. The largest absolute Gasteiger partial charge is 0.447 e. The lowest BCUT2D eigenvalue weighted by atomic mass is 10.1. The van der Waals surface area contributed by atoms with Crippen molar-refractivity contribution in [3.63, 3.8) is 0 Å². The zero-order chi connectivity index (χ0) is 10.6. The number of nitriles is 1. The van der Waals surface area contributed by atoms with E-state index in [4.69, 9.17) is 14.7 Å². The zero-order valence-electron chi connectivity index (χ0n) is 7.67. The van der Waals surface area contributed by atoms with Gasteiger partial charge in [-0.2, -0.15) is 5.26 Å². The summed E-state index contributed by atoms with van der Waals surface area (Å²) in [7, 11) is 0. The number of ether oxygens (including phenoxy) is 2. The average molecular weight is 198 g/mol. The number of allylic oxidation sites excluding steroid dienone is 1. The first-order chi connectivity index (χ1) is 6.69. The van der Waals surface area contributed by atoms with E-state index in [0.29, 0.717) is 6.61 Å². The Hall–Kier alpha value is -1.61. The molecule has 0 saturated carbocycles. The van der Waals surface area contributed by atoms with Gasteiger partial charge in [-0.1, -0.05) is 0 Å². The van der Waals surface area contributed by atoms with Crippen LogP contribution in [0, 0.1) is 21.4 Å². The number of nitrogens with zero attached hydrogens (tertiary/aromatic N) is 2. The molecule has 0 aromatic carbocycles. The van der Waals surface area contributed by atoms with E-state index in [-0.39, 0.29) is 12.2 Å². The highest BCUT2D eigenvalue weighted by Gasteiger charge is 2.36. The molecule has 0 unspecified atom stereocenters. The predicted molar refractivity (Wildman–Crippen MR) is 45.6 cm³/mol. The van der Waals surface area contributed by atoms with Gasteiger partial charge in [-0.05, 0) is 13.0 Å². The number of nitro groups is 1. The molecular formula is C8H10N2O4. The summed E-state index contributed by atoms with van der Waals surface area (Å²) in [5.74, 6) is 0.0848. The second-order valence-corrected chi connectivity index (χ2v) is 2.71. The minimum atomic E-state index is -0.949. The normalized spacial score (nSPS) is 25.9. The molecule has 1 heterocycles. The molecule has 6 nitrogen and oxygen atoms in total. The second-order valence-electron chi connectivity index (χ2n) is 2.71. The van der Waals surface area contributed by atoms with Crippen LogP contribution in [0.2, 0.25) is 0 Å². The van der Waals surface area contributed by atoms with Crippen molar-refractivity contribution < 1.29 is 14.4 Å². The highest BCUT2D eigenvalue weighted by Crippen LogP contribution is 2.20. The fourth-order valence-corrected chi connectivity index (χ4v) is 1.16. The van der Waals surface area contributed by atoms with Crippen molar-refractivity contribution in [2.75, 3.05) is 6.61 Å². The highest BCUT2D eigenvalue weighted by molar-refractivity contribution is 5.15. The number of hydrogen-bond acceptors (Lipinski definition) is 5. The maximum atomic E-state index is 10.6. The molecule has 0 saturated heterocycles. The molecule has 0 radical (unpaired) electrons. The molecule has 0 fully saturated rings. The summed E-state index contributed by atoms with van der Waals surface area (Å²) in [6.45, 7) is 2.03. The summed E-state index contributed by atoms with van der Waals surface area (Å²) in [6, 6.07) is 0.864. The van der Waals surface area contributed by atoms with Crippen LogP contribution >= 0.6 is 0 Å². The Balaban J connectivity index is 2.73. The van der Waals surface area contributed by atoms with Crippen LogP contribution in [0.4, 0.5) is 0 Å². The predicted octanol–water partition coefficient (Wildman–Crippen LogP) is 0.822. The van der Waals surface area contributed by atoms with Gasteiger partial charge >= 0.3 is 0 Å². The molecule has 0 spiro atoms. The van der Waals surface area contributed by atoms with Crippen molar-refractivity contribution in [1.82, 2.24) is 0 Å². The van der Waals surface area contributed by atoms with Gasteiger partial charge in [0.05, 0.1) is 0 Å². The molecule has 0 aromatic rings. The Labute approximate surface area is 80.9 Å². The fraction of sp³-hybridized carbons (Fsp3) is 0.625. The van der Waals surface area contributed by atoms with E-state index in [1.807, 2.05) is 0 Å². The first-order valence-electron chi connectivity index (χ1n) is 4.21. The molecule has 76 valence electrons. The molecule has 0 N–H and O–H groups in total. The summed E-state index contributed by atoms with van der Waals surface area (Å²) >= 11 is 0. The van der Waals surface area contributed by atoms with Crippen LogP contribution in [0.5, 0.6) is 0 Å². The lowest BCUT2D eigenvalue weighted by Crippen LogP contribution is -2.39. The van der Waals surface area contributed by atoms with Crippen molar-refractivity contribution >= 4 is 0 Å². The van der Waals surface area contributed by atoms with E-state index < -0.39 is 17.3 Å². The lowest BCUT2D eigenvalue weighted by molar-refractivity contribution is -0.548.